The number of rotatable bonds is 5. The molecule has 1 N–H and O–H groups in total. The molecule has 0 saturated carbocycles. The molecule has 9 heteroatoms. The van der Waals surface area contributed by atoms with Crippen LogP contribution in [-0.2, 0) is 12.7 Å². The second-order valence-corrected chi connectivity index (χ2v) is 9.30. The monoisotopic (exact) mass is 522 g/mol. The first-order valence-corrected chi connectivity index (χ1v) is 12.2. The SMILES string of the molecule is COc1cncc(C#Cc2cc(C(=O)Nc3ccc(CN4CCN(C)CC4)c(C(F)(F)F)c3)ccc2C)c1. The van der Waals surface area contributed by atoms with Crippen molar-refractivity contribution in [1.82, 2.24) is 14.8 Å². The third-order valence-electron chi connectivity index (χ3n) is 6.45. The highest BCUT2D eigenvalue weighted by Crippen LogP contribution is 2.34. The van der Waals surface area contributed by atoms with Crippen molar-refractivity contribution in [1.29, 1.82) is 0 Å². The van der Waals surface area contributed by atoms with E-state index < -0.39 is 17.6 Å². The van der Waals surface area contributed by atoms with Gasteiger partial charge in [-0.2, -0.15) is 13.2 Å². The molecule has 4 rings (SSSR count). The van der Waals surface area contributed by atoms with Crippen LogP contribution in [0.25, 0.3) is 0 Å². The fraction of sp³-hybridized carbons (Fsp3) is 0.310. The maximum absolute atomic E-state index is 13.9. The summed E-state index contributed by atoms with van der Waals surface area (Å²) in [5, 5.41) is 2.61. The fourth-order valence-electron chi connectivity index (χ4n) is 4.14. The van der Waals surface area contributed by atoms with E-state index in [1.165, 1.54) is 12.1 Å². The lowest BCUT2D eigenvalue weighted by Crippen LogP contribution is -2.44. The molecule has 1 amide bonds. The third kappa shape index (κ3) is 6.91. The minimum atomic E-state index is -4.54. The molecule has 0 aliphatic carbocycles. The molecule has 0 atom stereocenters. The Hall–Kier alpha value is -3.87. The number of likely N-dealkylation sites (N-methyl/N-ethyl adjacent to an activating group) is 1. The van der Waals surface area contributed by atoms with Crippen LogP contribution in [0.15, 0.2) is 54.9 Å². The van der Waals surface area contributed by atoms with Crippen LogP contribution >= 0.6 is 0 Å². The van der Waals surface area contributed by atoms with Gasteiger partial charge in [0.15, 0.2) is 0 Å². The van der Waals surface area contributed by atoms with E-state index >= 15 is 0 Å². The summed E-state index contributed by atoms with van der Waals surface area (Å²) in [4.78, 5) is 21.2. The Morgan fingerprint density at radius 3 is 2.53 bits per heavy atom. The zero-order valence-electron chi connectivity index (χ0n) is 21.5. The lowest BCUT2D eigenvalue weighted by atomic mass is 10.0. The van der Waals surface area contributed by atoms with E-state index in [9.17, 15) is 18.0 Å². The average molecular weight is 523 g/mol. The molecule has 0 radical (unpaired) electrons. The van der Waals surface area contributed by atoms with E-state index in [0.29, 0.717) is 35.5 Å². The van der Waals surface area contributed by atoms with Gasteiger partial charge in [0.1, 0.15) is 5.75 Å². The summed E-state index contributed by atoms with van der Waals surface area (Å²) in [6.45, 7) is 5.12. The lowest BCUT2D eigenvalue weighted by Gasteiger charge is -2.33. The first-order chi connectivity index (χ1) is 18.1. The maximum atomic E-state index is 13.9. The number of hydrogen-bond acceptors (Lipinski definition) is 5. The Morgan fingerprint density at radius 1 is 1.05 bits per heavy atom. The Bertz CT molecular complexity index is 1370. The molecule has 2 aromatic carbocycles. The van der Waals surface area contributed by atoms with E-state index in [1.54, 1.807) is 43.8 Å². The van der Waals surface area contributed by atoms with Gasteiger partial charge in [0.25, 0.3) is 5.91 Å². The van der Waals surface area contributed by atoms with E-state index in [-0.39, 0.29) is 17.8 Å². The summed E-state index contributed by atoms with van der Waals surface area (Å²) in [6, 6.07) is 10.7. The highest BCUT2D eigenvalue weighted by Gasteiger charge is 2.34. The molecule has 1 aliphatic rings. The van der Waals surface area contributed by atoms with Crippen molar-refractivity contribution in [3.05, 3.63) is 88.2 Å². The number of amides is 1. The van der Waals surface area contributed by atoms with Crippen LogP contribution in [0.4, 0.5) is 18.9 Å². The number of benzene rings is 2. The Morgan fingerprint density at radius 2 is 1.82 bits per heavy atom. The zero-order valence-corrected chi connectivity index (χ0v) is 21.5. The van der Waals surface area contributed by atoms with Crippen LogP contribution in [-0.4, -0.2) is 61.0 Å². The van der Waals surface area contributed by atoms with Crippen LogP contribution in [0.3, 0.4) is 0 Å². The van der Waals surface area contributed by atoms with Crippen molar-refractivity contribution < 1.29 is 22.7 Å². The molecule has 1 saturated heterocycles. The minimum Gasteiger partial charge on any atom is -0.495 e. The molecule has 198 valence electrons. The van der Waals surface area contributed by atoms with Crippen molar-refractivity contribution in [2.75, 3.05) is 45.7 Å². The standard InChI is InChI=1S/C29H29F3N4O2/c1-20-4-6-23(15-22(20)7-5-21-14-26(38-3)18-33-17-21)28(37)34-25-9-8-24(27(16-25)29(30,31)32)19-36-12-10-35(2)11-13-36/h4,6,8-9,14-18H,10-13,19H2,1-3H3,(H,34,37). The second kappa shape index (κ2) is 11.7. The van der Waals surface area contributed by atoms with Crippen LogP contribution in [0.5, 0.6) is 5.75 Å². The van der Waals surface area contributed by atoms with Gasteiger partial charge in [-0.3, -0.25) is 14.7 Å². The van der Waals surface area contributed by atoms with E-state index in [1.807, 2.05) is 18.9 Å². The predicted molar refractivity (Wildman–Crippen MR) is 140 cm³/mol. The normalized spacial score (nSPS) is 14.5. The van der Waals surface area contributed by atoms with Crippen LogP contribution < -0.4 is 10.1 Å². The molecular formula is C29H29F3N4O2. The van der Waals surface area contributed by atoms with Gasteiger partial charge in [0.2, 0.25) is 0 Å². The lowest BCUT2D eigenvalue weighted by molar-refractivity contribution is -0.138. The number of alkyl halides is 3. The van der Waals surface area contributed by atoms with Crippen LogP contribution in [0, 0.1) is 18.8 Å². The molecule has 38 heavy (non-hydrogen) atoms. The third-order valence-corrected chi connectivity index (χ3v) is 6.45. The van der Waals surface area contributed by atoms with Crippen molar-refractivity contribution in [2.45, 2.75) is 19.6 Å². The minimum absolute atomic E-state index is 0.0834. The molecular weight excluding hydrogens is 493 g/mol. The number of ether oxygens (including phenoxy) is 1. The zero-order chi connectivity index (χ0) is 27.3. The topological polar surface area (TPSA) is 57.7 Å². The number of piperazine rings is 1. The number of anilines is 1. The summed E-state index contributed by atoms with van der Waals surface area (Å²) in [6.07, 6.45) is -1.36. The number of methoxy groups -OCH3 is 1. The largest absolute Gasteiger partial charge is 0.495 e. The van der Waals surface area contributed by atoms with Crippen molar-refractivity contribution >= 4 is 11.6 Å². The van der Waals surface area contributed by atoms with Gasteiger partial charge in [-0.1, -0.05) is 24.0 Å². The number of carbonyl (C=O) groups is 1. The number of halogens is 3. The van der Waals surface area contributed by atoms with Gasteiger partial charge in [-0.15, -0.1) is 0 Å². The molecule has 0 bridgehead atoms. The molecule has 0 spiro atoms. The fourth-order valence-corrected chi connectivity index (χ4v) is 4.14. The number of nitrogens with one attached hydrogen (secondary N) is 1. The van der Waals surface area contributed by atoms with Crippen LogP contribution in [0.2, 0.25) is 0 Å². The van der Waals surface area contributed by atoms with Gasteiger partial charge in [-0.05, 0) is 55.4 Å². The van der Waals surface area contributed by atoms with Crippen LogP contribution in [0.1, 0.15) is 38.2 Å². The number of pyridine rings is 1. The van der Waals surface area contributed by atoms with Crippen molar-refractivity contribution in [2.24, 2.45) is 0 Å². The maximum Gasteiger partial charge on any atom is 0.416 e. The molecule has 0 unspecified atom stereocenters. The second-order valence-electron chi connectivity index (χ2n) is 9.30. The number of aromatic nitrogens is 1. The molecule has 1 aromatic heterocycles. The molecule has 1 aliphatic heterocycles. The number of carbonyl (C=O) groups excluding carboxylic acids is 1. The molecule has 2 heterocycles. The Labute approximate surface area is 220 Å². The predicted octanol–water partition coefficient (Wildman–Crippen LogP) is 4.82. The average Bonchev–Trinajstić information content (AvgIpc) is 2.89. The highest BCUT2D eigenvalue weighted by atomic mass is 19.4. The first kappa shape index (κ1) is 27.2. The number of hydrogen-bond donors (Lipinski definition) is 1. The summed E-state index contributed by atoms with van der Waals surface area (Å²) >= 11 is 0. The smallest absolute Gasteiger partial charge is 0.416 e. The summed E-state index contributed by atoms with van der Waals surface area (Å²) in [5.74, 6) is 6.10. The van der Waals surface area contributed by atoms with E-state index in [4.69, 9.17) is 4.74 Å². The molecule has 3 aromatic rings. The molecule has 6 nitrogen and oxygen atoms in total. The summed E-state index contributed by atoms with van der Waals surface area (Å²) < 4.78 is 46.9. The first-order valence-electron chi connectivity index (χ1n) is 12.2. The number of aryl methyl sites for hydroxylation is 1. The number of nitrogens with zero attached hydrogens (tertiary/aromatic N) is 3. The van der Waals surface area contributed by atoms with Gasteiger partial charge in [-0.25, -0.2) is 0 Å². The quantitative estimate of drug-likeness (QED) is 0.487. The Kier molecular flexibility index (Phi) is 8.35. The van der Waals surface area contributed by atoms with Crippen molar-refractivity contribution in [3.63, 3.8) is 0 Å². The van der Waals surface area contributed by atoms with Gasteiger partial charge in [0.05, 0.1) is 18.9 Å². The summed E-state index contributed by atoms with van der Waals surface area (Å²) in [5.41, 5.74) is 1.96. The van der Waals surface area contributed by atoms with E-state index in [2.05, 4.69) is 27.0 Å². The van der Waals surface area contributed by atoms with Crippen molar-refractivity contribution in [3.8, 4) is 17.6 Å². The molecule has 1 fully saturated rings. The highest BCUT2D eigenvalue weighted by molar-refractivity contribution is 6.04. The summed E-state index contributed by atoms with van der Waals surface area (Å²) in [7, 11) is 3.54. The van der Waals surface area contributed by atoms with Gasteiger partial charge >= 0.3 is 6.18 Å². The van der Waals surface area contributed by atoms with Gasteiger partial charge in [0, 0.05) is 61.3 Å². The van der Waals surface area contributed by atoms with Gasteiger partial charge < -0.3 is 15.0 Å². The Balaban J connectivity index is 1.52. The van der Waals surface area contributed by atoms with E-state index in [0.717, 1.165) is 24.7 Å².